The van der Waals surface area contributed by atoms with E-state index < -0.39 is 0 Å². The van der Waals surface area contributed by atoms with Gasteiger partial charge >= 0.3 is 6.03 Å². The molecule has 1 fully saturated rings. The van der Waals surface area contributed by atoms with Crippen LogP contribution in [0.1, 0.15) is 45.3 Å². The number of carbonyl (C=O) groups excluding carboxylic acids is 2. The fraction of sp³-hybridized carbons (Fsp3) is 0.765. The van der Waals surface area contributed by atoms with Gasteiger partial charge < -0.3 is 19.6 Å². The standard InChI is InChI=1S/C17H29N5O3/c1-12(2)5-8-18-17(24)21-9-6-15(11-21)22(14(4)23)10-7-16-19-13(3)25-20-16/h12,15H,5-11H2,1-4H3,(H,18,24). The SMILES string of the molecule is CC(=O)N(CCc1noc(C)n1)C1CCN(C(=O)NCCC(C)C)C1. The van der Waals surface area contributed by atoms with Crippen molar-refractivity contribution in [3.05, 3.63) is 11.7 Å². The van der Waals surface area contributed by atoms with Crippen molar-refractivity contribution < 1.29 is 14.1 Å². The fourth-order valence-corrected chi connectivity index (χ4v) is 3.02. The van der Waals surface area contributed by atoms with Gasteiger partial charge in [-0.2, -0.15) is 4.98 Å². The normalized spacial score (nSPS) is 17.2. The van der Waals surface area contributed by atoms with Gasteiger partial charge in [0.1, 0.15) is 0 Å². The average Bonchev–Trinajstić information content (AvgIpc) is 3.16. The molecule has 0 saturated carbocycles. The topological polar surface area (TPSA) is 91.6 Å². The van der Waals surface area contributed by atoms with Crippen LogP contribution in [0.2, 0.25) is 0 Å². The number of carbonyl (C=O) groups is 2. The van der Waals surface area contributed by atoms with E-state index in [4.69, 9.17) is 4.52 Å². The molecule has 8 heteroatoms. The Balaban J connectivity index is 1.83. The van der Waals surface area contributed by atoms with Gasteiger partial charge in [-0.05, 0) is 18.8 Å². The quantitative estimate of drug-likeness (QED) is 0.805. The minimum absolute atomic E-state index is 0.00674. The number of aromatic nitrogens is 2. The van der Waals surface area contributed by atoms with Gasteiger partial charge in [-0.15, -0.1) is 0 Å². The highest BCUT2D eigenvalue weighted by Crippen LogP contribution is 2.17. The van der Waals surface area contributed by atoms with Crippen LogP contribution in [0, 0.1) is 12.8 Å². The Morgan fingerprint density at radius 3 is 2.80 bits per heavy atom. The summed E-state index contributed by atoms with van der Waals surface area (Å²) < 4.78 is 4.96. The molecule has 1 N–H and O–H groups in total. The van der Waals surface area contributed by atoms with Crippen molar-refractivity contribution in [2.24, 2.45) is 5.92 Å². The van der Waals surface area contributed by atoms with Crippen molar-refractivity contribution in [3.8, 4) is 0 Å². The summed E-state index contributed by atoms with van der Waals surface area (Å²) >= 11 is 0. The van der Waals surface area contributed by atoms with Gasteiger partial charge in [0, 0.05) is 46.4 Å². The van der Waals surface area contributed by atoms with E-state index in [0.717, 1.165) is 12.8 Å². The molecule has 2 heterocycles. The first-order chi connectivity index (χ1) is 11.9. The van der Waals surface area contributed by atoms with Crippen LogP contribution < -0.4 is 5.32 Å². The molecule has 1 aromatic heterocycles. The largest absolute Gasteiger partial charge is 0.340 e. The van der Waals surface area contributed by atoms with E-state index >= 15 is 0 Å². The Morgan fingerprint density at radius 2 is 2.20 bits per heavy atom. The van der Waals surface area contributed by atoms with E-state index in [9.17, 15) is 9.59 Å². The van der Waals surface area contributed by atoms with Crippen LogP contribution >= 0.6 is 0 Å². The lowest BCUT2D eigenvalue weighted by Crippen LogP contribution is -2.44. The molecule has 8 nitrogen and oxygen atoms in total. The predicted molar refractivity (Wildman–Crippen MR) is 93.0 cm³/mol. The van der Waals surface area contributed by atoms with Crippen LogP contribution in [0.15, 0.2) is 4.52 Å². The minimum atomic E-state index is -0.0413. The van der Waals surface area contributed by atoms with Crippen molar-refractivity contribution in [2.75, 3.05) is 26.2 Å². The molecule has 25 heavy (non-hydrogen) atoms. The second-order valence-corrected chi connectivity index (χ2v) is 7.00. The van der Waals surface area contributed by atoms with E-state index in [1.807, 2.05) is 4.90 Å². The van der Waals surface area contributed by atoms with Crippen LogP contribution in [0.5, 0.6) is 0 Å². The van der Waals surface area contributed by atoms with Gasteiger partial charge in [0.05, 0.1) is 6.04 Å². The fourth-order valence-electron chi connectivity index (χ4n) is 3.02. The molecule has 0 aromatic carbocycles. The smallest absolute Gasteiger partial charge is 0.317 e. The highest BCUT2D eigenvalue weighted by Gasteiger charge is 2.31. The molecule has 1 aromatic rings. The van der Waals surface area contributed by atoms with E-state index in [1.165, 1.54) is 0 Å². The third-order valence-electron chi connectivity index (χ3n) is 4.44. The van der Waals surface area contributed by atoms with E-state index in [1.54, 1.807) is 18.7 Å². The highest BCUT2D eigenvalue weighted by atomic mass is 16.5. The number of likely N-dealkylation sites (tertiary alicyclic amines) is 1. The molecule has 1 saturated heterocycles. The Morgan fingerprint density at radius 1 is 1.44 bits per heavy atom. The third-order valence-corrected chi connectivity index (χ3v) is 4.44. The second-order valence-electron chi connectivity index (χ2n) is 7.00. The molecule has 0 bridgehead atoms. The van der Waals surface area contributed by atoms with Crippen LogP contribution in [0.25, 0.3) is 0 Å². The Labute approximate surface area is 148 Å². The van der Waals surface area contributed by atoms with Gasteiger partial charge in [0.25, 0.3) is 0 Å². The van der Waals surface area contributed by atoms with Gasteiger partial charge in [0.2, 0.25) is 11.8 Å². The molecule has 2 rings (SSSR count). The Kier molecular flexibility index (Phi) is 6.78. The predicted octanol–water partition coefficient (Wildman–Crippen LogP) is 1.60. The molecule has 1 atom stereocenters. The number of nitrogens with zero attached hydrogens (tertiary/aromatic N) is 4. The molecule has 3 amide bonds. The third kappa shape index (κ3) is 5.72. The zero-order valence-electron chi connectivity index (χ0n) is 15.6. The number of rotatable bonds is 7. The lowest BCUT2D eigenvalue weighted by atomic mass is 10.1. The average molecular weight is 351 g/mol. The molecule has 140 valence electrons. The number of urea groups is 1. The number of aryl methyl sites for hydroxylation is 1. The number of hydrogen-bond acceptors (Lipinski definition) is 5. The second kappa shape index (κ2) is 8.82. The van der Waals surface area contributed by atoms with Crippen molar-refractivity contribution >= 4 is 11.9 Å². The maximum absolute atomic E-state index is 12.2. The zero-order valence-corrected chi connectivity index (χ0v) is 15.6. The summed E-state index contributed by atoms with van der Waals surface area (Å²) in [5, 5.41) is 6.82. The summed E-state index contributed by atoms with van der Waals surface area (Å²) in [6.45, 7) is 10.0. The van der Waals surface area contributed by atoms with E-state index in [2.05, 4.69) is 29.3 Å². The number of nitrogens with one attached hydrogen (secondary N) is 1. The first-order valence-electron chi connectivity index (χ1n) is 8.96. The monoisotopic (exact) mass is 351 g/mol. The molecular weight excluding hydrogens is 322 g/mol. The Hall–Kier alpha value is -2.12. The lowest BCUT2D eigenvalue weighted by molar-refractivity contribution is -0.130. The van der Waals surface area contributed by atoms with Crippen LogP contribution in [-0.2, 0) is 11.2 Å². The molecule has 0 radical (unpaired) electrons. The molecule has 1 unspecified atom stereocenters. The van der Waals surface area contributed by atoms with Crippen molar-refractivity contribution in [3.63, 3.8) is 0 Å². The van der Waals surface area contributed by atoms with Crippen LogP contribution in [-0.4, -0.2) is 64.1 Å². The molecular formula is C17H29N5O3. The molecule has 0 spiro atoms. The van der Waals surface area contributed by atoms with E-state index in [-0.39, 0.29) is 18.0 Å². The van der Waals surface area contributed by atoms with Gasteiger partial charge in [-0.1, -0.05) is 19.0 Å². The van der Waals surface area contributed by atoms with Crippen LogP contribution in [0.3, 0.4) is 0 Å². The summed E-state index contributed by atoms with van der Waals surface area (Å²) in [6.07, 6.45) is 2.31. The van der Waals surface area contributed by atoms with Gasteiger partial charge in [-0.3, -0.25) is 4.79 Å². The number of hydrogen-bond donors (Lipinski definition) is 1. The van der Waals surface area contributed by atoms with Crippen molar-refractivity contribution in [1.29, 1.82) is 0 Å². The lowest BCUT2D eigenvalue weighted by Gasteiger charge is -2.27. The van der Waals surface area contributed by atoms with Crippen LogP contribution in [0.4, 0.5) is 4.79 Å². The summed E-state index contributed by atoms with van der Waals surface area (Å²) in [4.78, 5) is 32.0. The Bertz CT molecular complexity index is 587. The van der Waals surface area contributed by atoms with Gasteiger partial charge in [-0.25, -0.2) is 4.79 Å². The minimum Gasteiger partial charge on any atom is -0.340 e. The molecule has 1 aliphatic rings. The van der Waals surface area contributed by atoms with Crippen molar-refractivity contribution in [1.82, 2.24) is 25.3 Å². The maximum atomic E-state index is 12.2. The summed E-state index contributed by atoms with van der Waals surface area (Å²) in [5.41, 5.74) is 0. The van der Waals surface area contributed by atoms with E-state index in [0.29, 0.717) is 50.2 Å². The summed E-state index contributed by atoms with van der Waals surface area (Å²) in [5.74, 6) is 1.69. The summed E-state index contributed by atoms with van der Waals surface area (Å²) in [7, 11) is 0. The first kappa shape index (κ1) is 19.2. The molecule has 1 aliphatic heterocycles. The summed E-state index contributed by atoms with van der Waals surface area (Å²) in [6, 6.07) is 0.00166. The maximum Gasteiger partial charge on any atom is 0.317 e. The first-order valence-corrected chi connectivity index (χ1v) is 8.96. The highest BCUT2D eigenvalue weighted by molar-refractivity contribution is 5.76. The van der Waals surface area contributed by atoms with Crippen molar-refractivity contribution in [2.45, 2.75) is 53.0 Å². The molecule has 0 aliphatic carbocycles. The number of amides is 3. The zero-order chi connectivity index (χ0) is 18.4. The van der Waals surface area contributed by atoms with Gasteiger partial charge in [0.15, 0.2) is 5.82 Å².